The number of aromatic carboxylic acids is 1. The zero-order valence-electron chi connectivity index (χ0n) is 14.6. The fourth-order valence-corrected chi connectivity index (χ4v) is 4.53. The van der Waals surface area contributed by atoms with Crippen LogP contribution in [-0.4, -0.2) is 16.9 Å². The number of hydrogen-bond acceptors (Lipinski definition) is 5. The van der Waals surface area contributed by atoms with E-state index < -0.39 is 5.97 Å². The highest BCUT2D eigenvalue weighted by molar-refractivity contribution is 7.10. The number of anilines is 2. The molecule has 1 aromatic heterocycles. The van der Waals surface area contributed by atoms with Crippen LogP contribution in [0.15, 0.2) is 47.0 Å². The Morgan fingerprint density at radius 3 is 2.73 bits per heavy atom. The molecule has 1 atom stereocenters. The second-order valence-electron chi connectivity index (χ2n) is 7.62. The first-order valence-electron chi connectivity index (χ1n) is 8.55. The van der Waals surface area contributed by atoms with Crippen LogP contribution >= 0.6 is 11.3 Å². The number of ketones is 1. The lowest BCUT2D eigenvalue weighted by molar-refractivity contribution is -0.118. The van der Waals surface area contributed by atoms with E-state index >= 15 is 0 Å². The standard InChI is InChI=1S/C20H20N2O3S/c1-20(2)9-14-17(15(23)10-20)18(16-4-3-7-26-16)22-12-6-5-11(19(24)25)8-13(12)21-14/h3-8,18,21-22H,9-10H2,1-2H3,(H,24,25)/t18-/m1/s1. The normalized spacial score (nSPS) is 21.2. The van der Waals surface area contributed by atoms with Gasteiger partial charge in [0.1, 0.15) is 0 Å². The van der Waals surface area contributed by atoms with Crippen molar-refractivity contribution in [3.05, 3.63) is 57.4 Å². The highest BCUT2D eigenvalue weighted by Gasteiger charge is 2.39. The summed E-state index contributed by atoms with van der Waals surface area (Å²) >= 11 is 1.61. The number of hydrogen-bond donors (Lipinski definition) is 3. The topological polar surface area (TPSA) is 78.4 Å². The first-order valence-corrected chi connectivity index (χ1v) is 9.42. The van der Waals surface area contributed by atoms with Crippen molar-refractivity contribution in [2.24, 2.45) is 5.41 Å². The summed E-state index contributed by atoms with van der Waals surface area (Å²) in [5.74, 6) is -0.830. The molecule has 134 valence electrons. The number of nitrogens with one attached hydrogen (secondary N) is 2. The van der Waals surface area contributed by atoms with Crippen molar-refractivity contribution in [3.8, 4) is 0 Å². The van der Waals surface area contributed by atoms with Gasteiger partial charge in [0, 0.05) is 22.6 Å². The van der Waals surface area contributed by atoms with Gasteiger partial charge < -0.3 is 15.7 Å². The number of thiophene rings is 1. The summed E-state index contributed by atoms with van der Waals surface area (Å²) in [6.07, 6.45) is 1.25. The van der Waals surface area contributed by atoms with E-state index in [1.807, 2.05) is 17.5 Å². The summed E-state index contributed by atoms with van der Waals surface area (Å²) in [6, 6.07) is 8.75. The van der Waals surface area contributed by atoms with Crippen molar-refractivity contribution in [1.82, 2.24) is 0 Å². The summed E-state index contributed by atoms with van der Waals surface area (Å²) in [4.78, 5) is 25.4. The molecular weight excluding hydrogens is 348 g/mol. The predicted octanol–water partition coefficient (Wildman–Crippen LogP) is 4.67. The van der Waals surface area contributed by atoms with Crippen LogP contribution in [0.25, 0.3) is 0 Å². The van der Waals surface area contributed by atoms with E-state index in [-0.39, 0.29) is 22.8 Å². The summed E-state index contributed by atoms with van der Waals surface area (Å²) < 4.78 is 0. The molecule has 6 heteroatoms. The van der Waals surface area contributed by atoms with Gasteiger partial charge >= 0.3 is 5.97 Å². The van der Waals surface area contributed by atoms with E-state index in [0.29, 0.717) is 12.1 Å². The molecule has 0 saturated carbocycles. The van der Waals surface area contributed by atoms with Crippen LogP contribution < -0.4 is 10.6 Å². The molecule has 1 aliphatic heterocycles. The molecule has 1 aliphatic carbocycles. The zero-order chi connectivity index (χ0) is 18.5. The van der Waals surface area contributed by atoms with Crippen LogP contribution in [0.1, 0.15) is 48.0 Å². The van der Waals surface area contributed by atoms with Crippen molar-refractivity contribution in [1.29, 1.82) is 0 Å². The number of carboxylic acid groups (broad SMARTS) is 1. The average Bonchev–Trinajstić information content (AvgIpc) is 3.02. The van der Waals surface area contributed by atoms with Gasteiger partial charge in [-0.2, -0.15) is 0 Å². The first-order chi connectivity index (χ1) is 12.3. The van der Waals surface area contributed by atoms with E-state index in [1.54, 1.807) is 29.5 Å². The Morgan fingerprint density at radius 1 is 1.23 bits per heavy atom. The number of carboxylic acids is 1. The molecule has 26 heavy (non-hydrogen) atoms. The van der Waals surface area contributed by atoms with Gasteiger partial charge in [-0.3, -0.25) is 4.79 Å². The highest BCUT2D eigenvalue weighted by Crippen LogP contribution is 2.46. The molecule has 0 saturated heterocycles. The number of benzene rings is 1. The molecule has 0 unspecified atom stereocenters. The fourth-order valence-electron chi connectivity index (χ4n) is 3.75. The molecule has 3 N–H and O–H groups in total. The van der Waals surface area contributed by atoms with Crippen molar-refractivity contribution >= 4 is 34.5 Å². The Bertz CT molecular complexity index is 929. The van der Waals surface area contributed by atoms with Crippen molar-refractivity contribution in [2.75, 3.05) is 10.6 Å². The van der Waals surface area contributed by atoms with Gasteiger partial charge in [-0.25, -0.2) is 4.79 Å². The summed E-state index contributed by atoms with van der Waals surface area (Å²) in [6.45, 7) is 4.17. The van der Waals surface area contributed by atoms with Crippen LogP contribution in [0.3, 0.4) is 0 Å². The summed E-state index contributed by atoms with van der Waals surface area (Å²) in [7, 11) is 0. The van der Waals surface area contributed by atoms with E-state index in [9.17, 15) is 14.7 Å². The Labute approximate surface area is 155 Å². The zero-order valence-corrected chi connectivity index (χ0v) is 15.4. The average molecular weight is 368 g/mol. The molecule has 0 amide bonds. The van der Waals surface area contributed by atoms with E-state index in [1.165, 1.54) is 0 Å². The Balaban J connectivity index is 1.88. The Hall–Kier alpha value is -2.60. The minimum absolute atomic E-state index is 0.127. The van der Waals surface area contributed by atoms with Gasteiger partial charge in [-0.1, -0.05) is 19.9 Å². The monoisotopic (exact) mass is 368 g/mol. The number of carbonyl (C=O) groups excluding carboxylic acids is 1. The lowest BCUT2D eigenvalue weighted by atomic mass is 9.74. The minimum atomic E-state index is -0.970. The minimum Gasteiger partial charge on any atom is -0.478 e. The second kappa shape index (κ2) is 5.99. The summed E-state index contributed by atoms with van der Waals surface area (Å²) in [5, 5.41) is 18.1. The van der Waals surface area contributed by atoms with Gasteiger partial charge in [-0.05, 0) is 41.5 Å². The van der Waals surface area contributed by atoms with Gasteiger partial charge in [-0.15, -0.1) is 11.3 Å². The Kier molecular flexibility index (Phi) is 3.88. The smallest absolute Gasteiger partial charge is 0.335 e. The number of rotatable bonds is 2. The first kappa shape index (κ1) is 16.8. The molecule has 2 aromatic rings. The third-order valence-electron chi connectivity index (χ3n) is 4.89. The molecule has 2 aliphatic rings. The van der Waals surface area contributed by atoms with Crippen molar-refractivity contribution in [2.45, 2.75) is 32.7 Å². The van der Waals surface area contributed by atoms with Gasteiger partial charge in [0.15, 0.2) is 5.78 Å². The molecule has 0 fully saturated rings. The molecule has 4 rings (SSSR count). The maximum atomic E-state index is 13.0. The molecule has 5 nitrogen and oxygen atoms in total. The fraction of sp³-hybridized carbons (Fsp3) is 0.300. The van der Waals surface area contributed by atoms with Gasteiger partial charge in [0.2, 0.25) is 0 Å². The number of carbonyl (C=O) groups is 2. The largest absolute Gasteiger partial charge is 0.478 e. The predicted molar refractivity (Wildman–Crippen MR) is 103 cm³/mol. The van der Waals surface area contributed by atoms with E-state index in [4.69, 9.17) is 0 Å². The second-order valence-corrected chi connectivity index (χ2v) is 8.60. The van der Waals surface area contributed by atoms with Crippen molar-refractivity contribution in [3.63, 3.8) is 0 Å². The van der Waals surface area contributed by atoms with Crippen LogP contribution in [-0.2, 0) is 4.79 Å². The van der Waals surface area contributed by atoms with Crippen LogP contribution in [0.2, 0.25) is 0 Å². The summed E-state index contributed by atoms with van der Waals surface area (Å²) in [5.41, 5.74) is 3.24. The molecule has 1 aromatic carbocycles. The third kappa shape index (κ3) is 2.90. The number of fused-ring (bicyclic) bond motifs is 1. The van der Waals surface area contributed by atoms with Crippen molar-refractivity contribution < 1.29 is 14.7 Å². The van der Waals surface area contributed by atoms with Crippen LogP contribution in [0.5, 0.6) is 0 Å². The van der Waals surface area contributed by atoms with Crippen LogP contribution in [0, 0.1) is 5.41 Å². The third-order valence-corrected chi connectivity index (χ3v) is 5.83. The molecule has 0 radical (unpaired) electrons. The van der Waals surface area contributed by atoms with Gasteiger partial charge in [0.25, 0.3) is 0 Å². The lowest BCUT2D eigenvalue weighted by Crippen LogP contribution is -2.31. The van der Waals surface area contributed by atoms with Crippen LogP contribution in [0.4, 0.5) is 11.4 Å². The van der Waals surface area contributed by atoms with Gasteiger partial charge in [0.05, 0.1) is 23.0 Å². The van der Waals surface area contributed by atoms with E-state index in [0.717, 1.165) is 28.3 Å². The highest BCUT2D eigenvalue weighted by atomic mass is 32.1. The maximum Gasteiger partial charge on any atom is 0.335 e. The maximum absolute atomic E-state index is 13.0. The number of Topliss-reactive ketones (excluding diaryl/α,β-unsaturated/α-hetero) is 1. The molecule has 0 spiro atoms. The van der Waals surface area contributed by atoms with E-state index in [2.05, 4.69) is 24.5 Å². The SMILES string of the molecule is CC1(C)CC(=O)C2=C(C1)Nc1cc(C(=O)O)ccc1N[C@@H]2c1cccs1. The molecule has 0 bridgehead atoms. The Morgan fingerprint density at radius 2 is 2.04 bits per heavy atom. The molecule has 2 heterocycles. The number of allylic oxidation sites excluding steroid dienone is 1. The molecular formula is C20H20N2O3S. The quantitative estimate of drug-likeness (QED) is 0.718. The lowest BCUT2D eigenvalue weighted by Gasteiger charge is -2.33.